The highest BCUT2D eigenvalue weighted by atomic mass is 79.9. The van der Waals surface area contributed by atoms with E-state index in [0.29, 0.717) is 5.69 Å². The Morgan fingerprint density at radius 3 is 2.84 bits per heavy atom. The second-order valence-corrected chi connectivity index (χ2v) is 4.99. The zero-order valence-corrected chi connectivity index (χ0v) is 12.1. The summed E-state index contributed by atoms with van der Waals surface area (Å²) in [4.78, 5) is 11.7. The second kappa shape index (κ2) is 5.58. The van der Waals surface area contributed by atoms with Gasteiger partial charge < -0.3 is 10.6 Å². The van der Waals surface area contributed by atoms with E-state index in [1.807, 2.05) is 0 Å². The summed E-state index contributed by atoms with van der Waals surface area (Å²) in [6.45, 7) is 0. The lowest BCUT2D eigenvalue weighted by atomic mass is 10.3. The summed E-state index contributed by atoms with van der Waals surface area (Å²) in [5, 5.41) is 9.14. The summed E-state index contributed by atoms with van der Waals surface area (Å²) in [5.74, 6) is -0.513. The fourth-order valence-corrected chi connectivity index (χ4v) is 2.07. The SMILES string of the molecule is Cn1cc(NC(=O)Nc2cc(F)c(Br)cc2Cl)cn1. The van der Waals surface area contributed by atoms with Crippen LogP contribution in [0.1, 0.15) is 0 Å². The van der Waals surface area contributed by atoms with Gasteiger partial charge in [-0.3, -0.25) is 4.68 Å². The monoisotopic (exact) mass is 346 g/mol. The van der Waals surface area contributed by atoms with Crippen LogP contribution in [-0.2, 0) is 7.05 Å². The van der Waals surface area contributed by atoms with Gasteiger partial charge >= 0.3 is 6.03 Å². The van der Waals surface area contributed by atoms with Gasteiger partial charge in [0.05, 0.1) is 27.1 Å². The first-order valence-electron chi connectivity index (χ1n) is 5.17. The molecule has 0 spiro atoms. The molecule has 0 fully saturated rings. The summed E-state index contributed by atoms with van der Waals surface area (Å²) < 4.78 is 15.1. The third-order valence-corrected chi connectivity index (χ3v) is 3.14. The van der Waals surface area contributed by atoms with Crippen LogP contribution in [0.2, 0.25) is 5.02 Å². The van der Waals surface area contributed by atoms with Crippen molar-refractivity contribution in [1.29, 1.82) is 0 Å². The van der Waals surface area contributed by atoms with Crippen molar-refractivity contribution in [2.75, 3.05) is 10.6 Å². The highest BCUT2D eigenvalue weighted by molar-refractivity contribution is 9.10. The van der Waals surface area contributed by atoms with Crippen LogP contribution in [0, 0.1) is 5.82 Å². The Hall–Kier alpha value is -1.60. The zero-order chi connectivity index (χ0) is 14.0. The van der Waals surface area contributed by atoms with Crippen LogP contribution in [0.3, 0.4) is 0 Å². The Morgan fingerprint density at radius 2 is 2.21 bits per heavy atom. The number of hydrogen-bond donors (Lipinski definition) is 2. The molecule has 19 heavy (non-hydrogen) atoms. The first kappa shape index (κ1) is 13.8. The van der Waals surface area contributed by atoms with Crippen LogP contribution < -0.4 is 10.6 Å². The molecule has 2 N–H and O–H groups in total. The minimum absolute atomic E-state index is 0.184. The lowest BCUT2D eigenvalue weighted by Crippen LogP contribution is -2.19. The van der Waals surface area contributed by atoms with Crippen LogP contribution in [0.5, 0.6) is 0 Å². The molecule has 5 nitrogen and oxygen atoms in total. The maximum atomic E-state index is 13.3. The number of amides is 2. The number of aromatic nitrogens is 2. The molecule has 0 aliphatic heterocycles. The molecule has 100 valence electrons. The van der Waals surface area contributed by atoms with E-state index in [2.05, 4.69) is 31.7 Å². The van der Waals surface area contributed by atoms with Gasteiger partial charge in [-0.25, -0.2) is 9.18 Å². The third-order valence-electron chi connectivity index (χ3n) is 2.22. The Morgan fingerprint density at radius 1 is 1.47 bits per heavy atom. The number of rotatable bonds is 2. The van der Waals surface area contributed by atoms with Crippen LogP contribution in [0.4, 0.5) is 20.6 Å². The van der Waals surface area contributed by atoms with Gasteiger partial charge in [0, 0.05) is 19.3 Å². The van der Waals surface area contributed by atoms with Crippen molar-refractivity contribution in [2.45, 2.75) is 0 Å². The maximum absolute atomic E-state index is 13.3. The first-order valence-corrected chi connectivity index (χ1v) is 6.34. The molecule has 2 amide bonds. The first-order chi connectivity index (χ1) is 8.95. The fourth-order valence-electron chi connectivity index (χ4n) is 1.39. The van der Waals surface area contributed by atoms with Crippen molar-refractivity contribution < 1.29 is 9.18 Å². The van der Waals surface area contributed by atoms with Crippen molar-refractivity contribution >= 4 is 44.9 Å². The Balaban J connectivity index is 2.09. The standard InChI is InChI=1S/C11H9BrClFN4O/c1-18-5-6(4-15-18)16-11(19)17-10-3-9(14)7(12)2-8(10)13/h2-5H,1H3,(H2,16,17,19). The molecule has 0 saturated carbocycles. The highest BCUT2D eigenvalue weighted by Crippen LogP contribution is 2.28. The van der Waals surface area contributed by atoms with E-state index in [1.165, 1.54) is 12.3 Å². The molecule has 0 atom stereocenters. The Labute approximate surface area is 121 Å². The zero-order valence-electron chi connectivity index (χ0n) is 9.75. The van der Waals surface area contributed by atoms with Crippen LogP contribution in [-0.4, -0.2) is 15.8 Å². The van der Waals surface area contributed by atoms with Gasteiger partial charge in [-0.15, -0.1) is 0 Å². The number of anilines is 2. The van der Waals surface area contributed by atoms with E-state index in [1.54, 1.807) is 17.9 Å². The average Bonchev–Trinajstić information content (AvgIpc) is 2.71. The van der Waals surface area contributed by atoms with Crippen molar-refractivity contribution in [3.8, 4) is 0 Å². The highest BCUT2D eigenvalue weighted by Gasteiger charge is 2.10. The molecule has 1 aromatic heterocycles. The van der Waals surface area contributed by atoms with Gasteiger partial charge in [-0.05, 0) is 22.0 Å². The van der Waals surface area contributed by atoms with Gasteiger partial charge in [0.2, 0.25) is 0 Å². The molecule has 2 rings (SSSR count). The van der Waals surface area contributed by atoms with Crippen molar-refractivity contribution in [2.24, 2.45) is 7.05 Å². The molecule has 2 aromatic rings. The van der Waals surface area contributed by atoms with E-state index in [4.69, 9.17) is 11.6 Å². The van der Waals surface area contributed by atoms with Crippen LogP contribution in [0.25, 0.3) is 0 Å². The molecule has 1 heterocycles. The number of hydrogen-bond acceptors (Lipinski definition) is 2. The van der Waals surface area contributed by atoms with Crippen LogP contribution in [0.15, 0.2) is 29.0 Å². The molecule has 0 aliphatic rings. The lowest BCUT2D eigenvalue weighted by Gasteiger charge is -2.08. The fraction of sp³-hybridized carbons (Fsp3) is 0.0909. The largest absolute Gasteiger partial charge is 0.323 e. The summed E-state index contributed by atoms with van der Waals surface area (Å²) >= 11 is 8.90. The molecule has 0 bridgehead atoms. The van der Waals surface area contributed by atoms with E-state index in [0.717, 1.165) is 6.07 Å². The smallest absolute Gasteiger partial charge is 0.306 e. The number of halogens is 3. The quantitative estimate of drug-likeness (QED) is 0.815. The summed E-state index contributed by atoms with van der Waals surface area (Å²) in [7, 11) is 1.73. The summed E-state index contributed by atoms with van der Waals surface area (Å²) in [6, 6.07) is 1.97. The van der Waals surface area contributed by atoms with Gasteiger partial charge in [-0.1, -0.05) is 11.6 Å². The maximum Gasteiger partial charge on any atom is 0.323 e. The number of nitrogens with zero attached hydrogens (tertiary/aromatic N) is 2. The van der Waals surface area contributed by atoms with E-state index in [9.17, 15) is 9.18 Å². The molecule has 0 unspecified atom stereocenters. The van der Waals surface area contributed by atoms with E-state index < -0.39 is 11.8 Å². The van der Waals surface area contributed by atoms with Gasteiger partial charge in [0.25, 0.3) is 0 Å². The number of nitrogens with one attached hydrogen (secondary N) is 2. The number of carbonyl (C=O) groups excluding carboxylic acids is 1. The Bertz CT molecular complexity index is 631. The Kier molecular flexibility index (Phi) is 4.06. The topological polar surface area (TPSA) is 59.0 Å². The van der Waals surface area contributed by atoms with Crippen LogP contribution >= 0.6 is 27.5 Å². The lowest BCUT2D eigenvalue weighted by molar-refractivity contribution is 0.262. The normalized spacial score (nSPS) is 10.3. The predicted molar refractivity (Wildman–Crippen MR) is 75.0 cm³/mol. The van der Waals surface area contributed by atoms with Gasteiger partial charge in [0.15, 0.2) is 0 Å². The molecular weight excluding hydrogens is 339 g/mol. The number of urea groups is 1. The number of aryl methyl sites for hydroxylation is 1. The number of carbonyl (C=O) groups is 1. The molecule has 8 heteroatoms. The summed E-state index contributed by atoms with van der Waals surface area (Å²) in [5.41, 5.74) is 0.706. The van der Waals surface area contributed by atoms with Crippen molar-refractivity contribution in [3.05, 3.63) is 39.8 Å². The predicted octanol–water partition coefficient (Wildman–Crippen LogP) is 3.62. The van der Waals surface area contributed by atoms with Crippen molar-refractivity contribution in [3.63, 3.8) is 0 Å². The molecule has 0 aliphatic carbocycles. The van der Waals surface area contributed by atoms with Crippen molar-refractivity contribution in [1.82, 2.24) is 9.78 Å². The molecule has 0 saturated heterocycles. The van der Waals surface area contributed by atoms with E-state index >= 15 is 0 Å². The molecule has 0 radical (unpaired) electrons. The number of benzene rings is 1. The minimum Gasteiger partial charge on any atom is -0.306 e. The molecule has 1 aromatic carbocycles. The summed E-state index contributed by atoms with van der Waals surface area (Å²) in [6.07, 6.45) is 3.12. The molecular formula is C11H9BrClFN4O. The average molecular weight is 348 g/mol. The van der Waals surface area contributed by atoms with Gasteiger partial charge in [-0.2, -0.15) is 5.10 Å². The third kappa shape index (κ3) is 3.45. The minimum atomic E-state index is -0.531. The second-order valence-electron chi connectivity index (χ2n) is 3.73. The van der Waals surface area contributed by atoms with E-state index in [-0.39, 0.29) is 15.2 Å². The van der Waals surface area contributed by atoms with Gasteiger partial charge in [0.1, 0.15) is 5.82 Å².